The Bertz CT molecular complexity index is 431. The second-order valence-corrected chi connectivity index (χ2v) is 2.90. The Kier molecular flexibility index (Phi) is 1.40. The molecule has 1 aromatic heterocycles. The molecule has 0 atom stereocenters. The van der Waals surface area contributed by atoms with E-state index in [-0.39, 0.29) is 5.82 Å². The minimum absolute atomic E-state index is 0.189. The summed E-state index contributed by atoms with van der Waals surface area (Å²) in [5, 5.41) is 7.81. The van der Waals surface area contributed by atoms with Crippen LogP contribution in [0.25, 0.3) is 10.9 Å². The van der Waals surface area contributed by atoms with Gasteiger partial charge in [0.25, 0.3) is 0 Å². The Hall–Kier alpha value is -1.38. The second kappa shape index (κ2) is 2.30. The summed E-state index contributed by atoms with van der Waals surface area (Å²) in [4.78, 5) is 0. The molecule has 0 spiro atoms. The molecule has 62 valence electrons. The molecule has 0 bridgehead atoms. The van der Waals surface area contributed by atoms with Crippen molar-refractivity contribution in [3.63, 3.8) is 0 Å². The Morgan fingerprint density at radius 2 is 2.08 bits per heavy atom. The molecular formula is C9H9FN2. The SMILES string of the molecule is Cc1n[nH]c2c(C)c(F)ccc12. The standard InChI is InChI=1S/C9H9FN2/c1-5-8(10)4-3-7-6(2)11-12-9(5)7/h3-4H,1-2H3,(H,11,12). The number of nitrogens with zero attached hydrogens (tertiary/aromatic N) is 1. The van der Waals surface area contributed by atoms with E-state index in [1.165, 1.54) is 6.07 Å². The summed E-state index contributed by atoms with van der Waals surface area (Å²) in [5.41, 5.74) is 2.34. The number of hydrogen-bond donors (Lipinski definition) is 1. The van der Waals surface area contributed by atoms with Gasteiger partial charge in [0.1, 0.15) is 5.82 Å². The first-order valence-electron chi connectivity index (χ1n) is 3.80. The van der Waals surface area contributed by atoms with Crippen molar-refractivity contribution in [3.05, 3.63) is 29.2 Å². The molecule has 12 heavy (non-hydrogen) atoms. The van der Waals surface area contributed by atoms with Crippen molar-refractivity contribution in [2.24, 2.45) is 0 Å². The van der Waals surface area contributed by atoms with Gasteiger partial charge in [-0.25, -0.2) is 4.39 Å². The lowest BCUT2D eigenvalue weighted by atomic mass is 10.1. The van der Waals surface area contributed by atoms with E-state index in [1.54, 1.807) is 13.0 Å². The molecular weight excluding hydrogens is 155 g/mol. The molecule has 0 radical (unpaired) electrons. The second-order valence-electron chi connectivity index (χ2n) is 2.90. The first-order valence-corrected chi connectivity index (χ1v) is 3.80. The van der Waals surface area contributed by atoms with Gasteiger partial charge < -0.3 is 0 Å². The molecule has 0 saturated heterocycles. The largest absolute Gasteiger partial charge is 0.277 e. The van der Waals surface area contributed by atoms with Gasteiger partial charge in [-0.15, -0.1) is 0 Å². The minimum Gasteiger partial charge on any atom is -0.277 e. The topological polar surface area (TPSA) is 28.7 Å². The highest BCUT2D eigenvalue weighted by Crippen LogP contribution is 2.20. The molecule has 0 amide bonds. The summed E-state index contributed by atoms with van der Waals surface area (Å²) >= 11 is 0. The van der Waals surface area contributed by atoms with Crippen LogP contribution in [0.15, 0.2) is 12.1 Å². The van der Waals surface area contributed by atoms with Crippen LogP contribution in [0.3, 0.4) is 0 Å². The van der Waals surface area contributed by atoms with Gasteiger partial charge in [0, 0.05) is 10.9 Å². The Balaban J connectivity index is 2.93. The van der Waals surface area contributed by atoms with Crippen molar-refractivity contribution in [2.75, 3.05) is 0 Å². The molecule has 0 aliphatic carbocycles. The van der Waals surface area contributed by atoms with E-state index in [0.29, 0.717) is 5.56 Å². The van der Waals surface area contributed by atoms with Crippen molar-refractivity contribution in [1.82, 2.24) is 10.2 Å². The van der Waals surface area contributed by atoms with Gasteiger partial charge in [-0.3, -0.25) is 5.10 Å². The smallest absolute Gasteiger partial charge is 0.128 e. The van der Waals surface area contributed by atoms with E-state index in [2.05, 4.69) is 10.2 Å². The van der Waals surface area contributed by atoms with Crippen LogP contribution in [0.4, 0.5) is 4.39 Å². The van der Waals surface area contributed by atoms with Crippen molar-refractivity contribution < 1.29 is 4.39 Å². The third kappa shape index (κ3) is 0.826. The number of H-pyrrole nitrogens is 1. The van der Waals surface area contributed by atoms with Crippen molar-refractivity contribution in [3.8, 4) is 0 Å². The number of hydrogen-bond acceptors (Lipinski definition) is 1. The summed E-state index contributed by atoms with van der Waals surface area (Å²) < 4.78 is 13.0. The number of fused-ring (bicyclic) bond motifs is 1. The first kappa shape index (κ1) is 7.28. The Labute approximate surface area is 69.4 Å². The fourth-order valence-electron chi connectivity index (χ4n) is 1.33. The summed E-state index contributed by atoms with van der Waals surface area (Å²) in [6.45, 7) is 3.64. The third-order valence-corrected chi connectivity index (χ3v) is 2.12. The maximum absolute atomic E-state index is 13.0. The summed E-state index contributed by atoms with van der Waals surface area (Å²) in [5.74, 6) is -0.189. The molecule has 1 N–H and O–H groups in total. The number of aromatic nitrogens is 2. The predicted octanol–water partition coefficient (Wildman–Crippen LogP) is 2.32. The van der Waals surface area contributed by atoms with Crippen LogP contribution in [0.1, 0.15) is 11.3 Å². The fourth-order valence-corrected chi connectivity index (χ4v) is 1.33. The third-order valence-electron chi connectivity index (χ3n) is 2.12. The number of benzene rings is 1. The number of aromatic amines is 1. The van der Waals surface area contributed by atoms with Crippen LogP contribution in [0, 0.1) is 19.7 Å². The molecule has 0 unspecified atom stereocenters. The highest BCUT2D eigenvalue weighted by molar-refractivity contribution is 5.83. The van der Waals surface area contributed by atoms with Crippen LogP contribution < -0.4 is 0 Å². The van der Waals surface area contributed by atoms with Gasteiger partial charge in [0.15, 0.2) is 0 Å². The van der Waals surface area contributed by atoms with Gasteiger partial charge >= 0.3 is 0 Å². The normalized spacial score (nSPS) is 10.9. The van der Waals surface area contributed by atoms with E-state index in [9.17, 15) is 4.39 Å². The molecule has 0 saturated carbocycles. The first-order chi connectivity index (χ1) is 5.70. The molecule has 3 heteroatoms. The average molecular weight is 164 g/mol. The van der Waals surface area contributed by atoms with E-state index < -0.39 is 0 Å². The molecule has 1 heterocycles. The maximum atomic E-state index is 13.0. The molecule has 2 rings (SSSR count). The maximum Gasteiger partial charge on any atom is 0.128 e. The minimum atomic E-state index is -0.189. The number of nitrogens with one attached hydrogen (secondary N) is 1. The fraction of sp³-hybridized carbons (Fsp3) is 0.222. The molecule has 2 aromatic rings. The lowest BCUT2D eigenvalue weighted by Gasteiger charge is -1.96. The molecule has 2 nitrogen and oxygen atoms in total. The van der Waals surface area contributed by atoms with Gasteiger partial charge in [-0.1, -0.05) is 0 Å². The highest BCUT2D eigenvalue weighted by Gasteiger charge is 2.06. The van der Waals surface area contributed by atoms with Gasteiger partial charge in [-0.05, 0) is 26.0 Å². The lowest BCUT2D eigenvalue weighted by molar-refractivity contribution is 0.620. The van der Waals surface area contributed by atoms with E-state index in [1.807, 2.05) is 6.92 Å². The van der Waals surface area contributed by atoms with Crippen LogP contribution in [0.2, 0.25) is 0 Å². The van der Waals surface area contributed by atoms with Gasteiger partial charge in [-0.2, -0.15) is 5.10 Å². The van der Waals surface area contributed by atoms with E-state index >= 15 is 0 Å². The average Bonchev–Trinajstić information content (AvgIpc) is 2.41. The monoisotopic (exact) mass is 164 g/mol. The quantitative estimate of drug-likeness (QED) is 0.636. The zero-order valence-electron chi connectivity index (χ0n) is 6.98. The van der Waals surface area contributed by atoms with Crippen molar-refractivity contribution in [2.45, 2.75) is 13.8 Å². The zero-order chi connectivity index (χ0) is 8.72. The van der Waals surface area contributed by atoms with Crippen LogP contribution >= 0.6 is 0 Å². The lowest BCUT2D eigenvalue weighted by Crippen LogP contribution is -1.82. The molecule has 1 aromatic carbocycles. The van der Waals surface area contributed by atoms with Crippen LogP contribution in [-0.2, 0) is 0 Å². The number of aryl methyl sites for hydroxylation is 2. The Morgan fingerprint density at radius 3 is 2.83 bits per heavy atom. The van der Waals surface area contributed by atoms with Crippen molar-refractivity contribution >= 4 is 10.9 Å². The van der Waals surface area contributed by atoms with Gasteiger partial charge in [0.05, 0.1) is 11.2 Å². The van der Waals surface area contributed by atoms with Crippen molar-refractivity contribution in [1.29, 1.82) is 0 Å². The predicted molar refractivity (Wildman–Crippen MR) is 45.5 cm³/mol. The summed E-state index contributed by atoms with van der Waals surface area (Å²) in [6.07, 6.45) is 0. The summed E-state index contributed by atoms with van der Waals surface area (Å²) in [6, 6.07) is 3.22. The van der Waals surface area contributed by atoms with E-state index in [4.69, 9.17) is 0 Å². The van der Waals surface area contributed by atoms with E-state index in [0.717, 1.165) is 16.6 Å². The molecule has 0 fully saturated rings. The zero-order valence-corrected chi connectivity index (χ0v) is 6.98. The highest BCUT2D eigenvalue weighted by atomic mass is 19.1. The Morgan fingerprint density at radius 1 is 1.33 bits per heavy atom. The van der Waals surface area contributed by atoms with Crippen LogP contribution in [0.5, 0.6) is 0 Å². The molecule has 0 aliphatic rings. The number of halogens is 1. The molecule has 0 aliphatic heterocycles. The number of rotatable bonds is 0. The summed E-state index contributed by atoms with van der Waals surface area (Å²) in [7, 11) is 0. The van der Waals surface area contributed by atoms with Gasteiger partial charge in [0.2, 0.25) is 0 Å². The van der Waals surface area contributed by atoms with Crippen LogP contribution in [-0.4, -0.2) is 10.2 Å².